The van der Waals surface area contributed by atoms with E-state index in [1.807, 2.05) is 0 Å². The summed E-state index contributed by atoms with van der Waals surface area (Å²) in [7, 11) is 1.40. The van der Waals surface area contributed by atoms with Crippen LogP contribution in [0.25, 0.3) is 0 Å². The Hall–Kier alpha value is -1.53. The Kier molecular flexibility index (Phi) is 4.22. The molecule has 2 atom stereocenters. The summed E-state index contributed by atoms with van der Waals surface area (Å²) in [6.45, 7) is 0.685. The van der Waals surface area contributed by atoms with Gasteiger partial charge in [0.05, 0.1) is 13.4 Å². The van der Waals surface area contributed by atoms with Gasteiger partial charge in [-0.25, -0.2) is 10.3 Å². The minimum Gasteiger partial charge on any atom is -0.467 e. The molecular weight excluding hydrogens is 236 g/mol. The first-order valence-corrected chi connectivity index (χ1v) is 6.03. The Balaban J connectivity index is 1.93. The molecule has 0 bridgehead atoms. The van der Waals surface area contributed by atoms with E-state index in [-0.39, 0.29) is 12.1 Å². The Labute approximate surface area is 105 Å². The van der Waals surface area contributed by atoms with Crippen molar-refractivity contribution in [1.82, 2.24) is 10.4 Å². The van der Waals surface area contributed by atoms with E-state index in [0.29, 0.717) is 18.7 Å². The van der Waals surface area contributed by atoms with Crippen molar-refractivity contribution in [1.29, 1.82) is 0 Å². The maximum Gasteiger partial charge on any atom is 0.341 e. The van der Waals surface area contributed by atoms with E-state index in [2.05, 4.69) is 10.3 Å². The van der Waals surface area contributed by atoms with Crippen molar-refractivity contribution < 1.29 is 19.2 Å². The van der Waals surface area contributed by atoms with Gasteiger partial charge in [0, 0.05) is 19.0 Å². The molecule has 0 spiro atoms. The predicted molar refractivity (Wildman–Crippen MR) is 63.6 cm³/mol. The van der Waals surface area contributed by atoms with Crippen LogP contribution in [0.5, 0.6) is 0 Å². The van der Waals surface area contributed by atoms with Crippen molar-refractivity contribution in [2.24, 2.45) is 0 Å². The van der Waals surface area contributed by atoms with Gasteiger partial charge in [0.2, 0.25) is 0 Å². The number of furan rings is 1. The fourth-order valence-electron chi connectivity index (χ4n) is 2.35. The SMILES string of the molecule is CONC(=O)N1CCC[C@H]1C[C@H](O)c1ccco1. The molecule has 2 heterocycles. The van der Waals surface area contributed by atoms with Crippen LogP contribution in [0.3, 0.4) is 0 Å². The van der Waals surface area contributed by atoms with Gasteiger partial charge in [0.15, 0.2) is 0 Å². The van der Waals surface area contributed by atoms with Crippen molar-refractivity contribution in [3.63, 3.8) is 0 Å². The monoisotopic (exact) mass is 254 g/mol. The summed E-state index contributed by atoms with van der Waals surface area (Å²) < 4.78 is 5.16. The lowest BCUT2D eigenvalue weighted by atomic mass is 10.1. The Bertz CT molecular complexity index is 379. The molecule has 1 saturated heterocycles. The van der Waals surface area contributed by atoms with Crippen LogP contribution in [-0.4, -0.2) is 35.7 Å². The second-order valence-corrected chi connectivity index (χ2v) is 4.37. The highest BCUT2D eigenvalue weighted by Gasteiger charge is 2.31. The van der Waals surface area contributed by atoms with E-state index in [9.17, 15) is 9.90 Å². The number of aliphatic hydroxyl groups excluding tert-OH is 1. The van der Waals surface area contributed by atoms with Crippen molar-refractivity contribution in [2.45, 2.75) is 31.4 Å². The van der Waals surface area contributed by atoms with E-state index in [1.165, 1.54) is 13.4 Å². The predicted octanol–water partition coefficient (Wildman–Crippen LogP) is 1.44. The van der Waals surface area contributed by atoms with Crippen LogP contribution in [0, 0.1) is 0 Å². The molecular formula is C12H18N2O4. The van der Waals surface area contributed by atoms with Gasteiger partial charge >= 0.3 is 6.03 Å². The van der Waals surface area contributed by atoms with Gasteiger partial charge in [-0.2, -0.15) is 0 Å². The number of rotatable bonds is 4. The molecule has 1 aromatic rings. The van der Waals surface area contributed by atoms with Gasteiger partial charge in [0.1, 0.15) is 11.9 Å². The van der Waals surface area contributed by atoms with Crippen molar-refractivity contribution in [3.8, 4) is 0 Å². The van der Waals surface area contributed by atoms with Gasteiger partial charge in [-0.3, -0.25) is 4.84 Å². The van der Waals surface area contributed by atoms with E-state index < -0.39 is 6.10 Å². The number of hydrogen-bond acceptors (Lipinski definition) is 4. The minimum atomic E-state index is -0.680. The maximum atomic E-state index is 11.7. The Morgan fingerprint density at radius 2 is 2.61 bits per heavy atom. The first kappa shape index (κ1) is 12.9. The quantitative estimate of drug-likeness (QED) is 0.797. The van der Waals surface area contributed by atoms with Crippen LogP contribution >= 0.6 is 0 Å². The first-order chi connectivity index (χ1) is 8.72. The number of aliphatic hydroxyl groups is 1. The lowest BCUT2D eigenvalue weighted by molar-refractivity contribution is 0.0719. The molecule has 100 valence electrons. The lowest BCUT2D eigenvalue weighted by Crippen LogP contribution is -2.42. The molecule has 0 unspecified atom stereocenters. The molecule has 0 saturated carbocycles. The lowest BCUT2D eigenvalue weighted by Gasteiger charge is -2.25. The topological polar surface area (TPSA) is 74.9 Å². The molecule has 2 N–H and O–H groups in total. The molecule has 0 radical (unpaired) electrons. The number of carbonyl (C=O) groups excluding carboxylic acids is 1. The Morgan fingerprint density at radius 1 is 1.78 bits per heavy atom. The maximum absolute atomic E-state index is 11.7. The molecule has 0 aromatic carbocycles. The van der Waals surface area contributed by atoms with Gasteiger partial charge in [-0.1, -0.05) is 0 Å². The average Bonchev–Trinajstić information content (AvgIpc) is 2.99. The fraction of sp³-hybridized carbons (Fsp3) is 0.583. The van der Waals surface area contributed by atoms with Gasteiger partial charge in [0.25, 0.3) is 0 Å². The standard InChI is InChI=1S/C12H18N2O4/c1-17-13-12(16)14-6-2-4-9(14)8-10(15)11-5-3-7-18-11/h3,5,7,9-10,15H,2,4,6,8H2,1H3,(H,13,16)/t9-,10-/m0/s1. The molecule has 1 fully saturated rings. The van der Waals surface area contributed by atoms with Crippen LogP contribution in [0.4, 0.5) is 4.79 Å². The number of carbonyl (C=O) groups is 1. The zero-order chi connectivity index (χ0) is 13.0. The zero-order valence-electron chi connectivity index (χ0n) is 10.3. The fourth-order valence-corrected chi connectivity index (χ4v) is 2.35. The molecule has 2 amide bonds. The highest BCUT2D eigenvalue weighted by Crippen LogP contribution is 2.27. The molecule has 2 rings (SSSR count). The normalized spacial score (nSPS) is 21.0. The number of amides is 2. The summed E-state index contributed by atoms with van der Waals surface area (Å²) in [5.74, 6) is 0.536. The molecule has 1 aromatic heterocycles. The van der Waals surface area contributed by atoms with Crippen LogP contribution < -0.4 is 5.48 Å². The second kappa shape index (κ2) is 5.88. The largest absolute Gasteiger partial charge is 0.467 e. The van der Waals surface area contributed by atoms with E-state index >= 15 is 0 Å². The zero-order valence-corrected chi connectivity index (χ0v) is 10.3. The summed E-state index contributed by atoms with van der Waals surface area (Å²) in [6, 6.07) is 3.23. The van der Waals surface area contributed by atoms with Gasteiger partial charge < -0.3 is 14.4 Å². The first-order valence-electron chi connectivity index (χ1n) is 6.03. The van der Waals surface area contributed by atoms with Crippen LogP contribution in [0.1, 0.15) is 31.1 Å². The minimum absolute atomic E-state index is 0.0141. The molecule has 18 heavy (non-hydrogen) atoms. The average molecular weight is 254 g/mol. The third-order valence-electron chi connectivity index (χ3n) is 3.19. The molecule has 6 heteroatoms. The van der Waals surface area contributed by atoms with E-state index in [0.717, 1.165) is 12.8 Å². The summed E-state index contributed by atoms with van der Waals surface area (Å²) in [6.07, 6.45) is 3.15. The number of nitrogens with one attached hydrogen (secondary N) is 1. The number of nitrogens with zero attached hydrogens (tertiary/aromatic N) is 1. The molecule has 1 aliphatic rings. The highest BCUT2D eigenvalue weighted by atomic mass is 16.6. The van der Waals surface area contributed by atoms with Crippen LogP contribution in [0.15, 0.2) is 22.8 Å². The number of urea groups is 1. The summed E-state index contributed by atoms with van der Waals surface area (Å²) >= 11 is 0. The molecule has 0 aliphatic carbocycles. The second-order valence-electron chi connectivity index (χ2n) is 4.37. The smallest absolute Gasteiger partial charge is 0.341 e. The van der Waals surface area contributed by atoms with Crippen LogP contribution in [0.2, 0.25) is 0 Å². The molecule has 6 nitrogen and oxygen atoms in total. The van der Waals surface area contributed by atoms with Crippen molar-refractivity contribution in [2.75, 3.05) is 13.7 Å². The molecule has 1 aliphatic heterocycles. The van der Waals surface area contributed by atoms with Crippen LogP contribution in [-0.2, 0) is 4.84 Å². The van der Waals surface area contributed by atoms with Gasteiger partial charge in [-0.05, 0) is 25.0 Å². The Morgan fingerprint density at radius 3 is 3.28 bits per heavy atom. The third kappa shape index (κ3) is 2.83. The van der Waals surface area contributed by atoms with E-state index in [4.69, 9.17) is 4.42 Å². The third-order valence-corrected chi connectivity index (χ3v) is 3.19. The summed E-state index contributed by atoms with van der Waals surface area (Å²) in [5.41, 5.74) is 2.31. The number of hydroxylamine groups is 1. The van der Waals surface area contributed by atoms with Gasteiger partial charge in [-0.15, -0.1) is 0 Å². The number of likely N-dealkylation sites (tertiary alicyclic amines) is 1. The van der Waals surface area contributed by atoms with Crippen molar-refractivity contribution >= 4 is 6.03 Å². The summed E-state index contributed by atoms with van der Waals surface area (Å²) in [4.78, 5) is 18.0. The summed E-state index contributed by atoms with van der Waals surface area (Å²) in [5, 5.41) is 10.0. The highest BCUT2D eigenvalue weighted by molar-refractivity contribution is 5.73. The number of hydrogen-bond donors (Lipinski definition) is 2. The van der Waals surface area contributed by atoms with E-state index in [1.54, 1.807) is 17.0 Å². The van der Waals surface area contributed by atoms with Crippen molar-refractivity contribution in [3.05, 3.63) is 24.2 Å².